The third-order valence-corrected chi connectivity index (χ3v) is 6.85. The quantitative estimate of drug-likeness (QED) is 0.125. The zero-order valence-electron chi connectivity index (χ0n) is 17.6. The van der Waals surface area contributed by atoms with Crippen molar-refractivity contribution >= 4 is 79.2 Å². The summed E-state index contributed by atoms with van der Waals surface area (Å²) in [4.78, 5) is 25.2. The maximum absolute atomic E-state index is 13.1. The van der Waals surface area contributed by atoms with Gasteiger partial charge in [-0.15, -0.1) is 0 Å². The van der Waals surface area contributed by atoms with Crippen molar-refractivity contribution in [3.05, 3.63) is 96.3 Å². The summed E-state index contributed by atoms with van der Waals surface area (Å²) >= 11 is 15.8. The molecule has 3 aromatic rings. The summed E-state index contributed by atoms with van der Waals surface area (Å²) in [6.07, 6.45) is -3.27. The van der Waals surface area contributed by atoms with E-state index in [1.54, 1.807) is 36.4 Å². The molecule has 0 saturated carbocycles. The molecule has 36 heavy (non-hydrogen) atoms. The molecule has 3 aromatic carbocycles. The van der Waals surface area contributed by atoms with Gasteiger partial charge in [0.15, 0.2) is 4.32 Å². The van der Waals surface area contributed by atoms with Gasteiger partial charge in [0, 0.05) is 21.1 Å². The van der Waals surface area contributed by atoms with E-state index in [0.29, 0.717) is 32.9 Å². The number of nitro groups is 1. The molecular weight excluding hydrogens is 605 g/mol. The number of hydrogen-bond donors (Lipinski definition) is 0. The Morgan fingerprint density at radius 2 is 1.83 bits per heavy atom. The molecular formula is C23H11BrClF3N2O4S2. The van der Waals surface area contributed by atoms with Gasteiger partial charge in [0.1, 0.15) is 5.75 Å². The highest BCUT2D eigenvalue weighted by molar-refractivity contribution is 9.10. The molecule has 0 aliphatic carbocycles. The van der Waals surface area contributed by atoms with Gasteiger partial charge in [-0.1, -0.05) is 57.6 Å². The van der Waals surface area contributed by atoms with Crippen LogP contribution in [0.5, 0.6) is 11.5 Å². The molecule has 1 aliphatic heterocycles. The lowest BCUT2D eigenvalue weighted by Crippen LogP contribution is -2.27. The highest BCUT2D eigenvalue weighted by Crippen LogP contribution is 2.41. The molecule has 13 heteroatoms. The van der Waals surface area contributed by atoms with Gasteiger partial charge in [-0.05, 0) is 54.6 Å². The molecule has 1 fully saturated rings. The minimum absolute atomic E-state index is 0.0779. The zero-order valence-corrected chi connectivity index (χ0v) is 21.6. The first-order valence-electron chi connectivity index (χ1n) is 9.80. The van der Waals surface area contributed by atoms with Gasteiger partial charge in [-0.25, -0.2) is 0 Å². The predicted molar refractivity (Wildman–Crippen MR) is 139 cm³/mol. The van der Waals surface area contributed by atoms with Crippen molar-refractivity contribution in [2.45, 2.75) is 6.18 Å². The standard InChI is InChI=1S/C23H11BrClF3N2O4S2/c24-14-5-7-18(34-19-6-4-13(23(26,27)28)10-17(19)30(32)33)12(8-14)9-20-21(31)29(22(35)36-20)16-3-1-2-15(25)11-16/h1-11H/b20-9-. The second kappa shape index (κ2) is 10.2. The molecule has 1 amide bonds. The number of anilines is 1. The van der Waals surface area contributed by atoms with Gasteiger partial charge < -0.3 is 4.74 Å². The molecule has 0 bridgehead atoms. The third kappa shape index (κ3) is 5.56. The van der Waals surface area contributed by atoms with Crippen LogP contribution in [-0.4, -0.2) is 15.2 Å². The normalized spacial score (nSPS) is 15.0. The highest BCUT2D eigenvalue weighted by atomic mass is 79.9. The van der Waals surface area contributed by atoms with Crippen LogP contribution in [0.4, 0.5) is 24.5 Å². The Bertz CT molecular complexity index is 1450. The van der Waals surface area contributed by atoms with E-state index < -0.39 is 34.0 Å². The Morgan fingerprint density at radius 3 is 2.50 bits per heavy atom. The van der Waals surface area contributed by atoms with Crippen molar-refractivity contribution in [3.8, 4) is 11.5 Å². The van der Waals surface area contributed by atoms with E-state index in [1.807, 2.05) is 0 Å². The number of benzene rings is 3. The maximum atomic E-state index is 13.1. The molecule has 0 N–H and O–H groups in total. The summed E-state index contributed by atoms with van der Waals surface area (Å²) in [7, 11) is 0. The lowest BCUT2D eigenvalue weighted by Gasteiger charge is -2.14. The van der Waals surface area contributed by atoms with Crippen molar-refractivity contribution < 1.29 is 27.6 Å². The summed E-state index contributed by atoms with van der Waals surface area (Å²) < 4.78 is 45.7. The molecule has 1 saturated heterocycles. The molecule has 4 rings (SSSR count). The van der Waals surface area contributed by atoms with Crippen molar-refractivity contribution in [3.63, 3.8) is 0 Å². The van der Waals surface area contributed by atoms with Gasteiger partial charge in [0.05, 0.1) is 21.1 Å². The third-order valence-electron chi connectivity index (χ3n) is 4.82. The van der Waals surface area contributed by atoms with Crippen LogP contribution in [0.3, 0.4) is 0 Å². The minimum Gasteiger partial charge on any atom is -0.449 e. The van der Waals surface area contributed by atoms with E-state index >= 15 is 0 Å². The SMILES string of the molecule is O=C1/C(=C/c2cc(Br)ccc2Oc2ccc(C(F)(F)F)cc2[N+](=O)[O-])SC(=S)N1c1cccc(Cl)c1. The lowest BCUT2D eigenvalue weighted by atomic mass is 10.1. The number of rotatable bonds is 5. The summed E-state index contributed by atoms with van der Waals surface area (Å²) in [6, 6.07) is 13.2. The van der Waals surface area contributed by atoms with Crippen molar-refractivity contribution in [2.24, 2.45) is 0 Å². The van der Waals surface area contributed by atoms with Crippen LogP contribution in [0.1, 0.15) is 11.1 Å². The average molecular weight is 616 g/mol. The largest absolute Gasteiger partial charge is 0.449 e. The molecule has 6 nitrogen and oxygen atoms in total. The fourth-order valence-electron chi connectivity index (χ4n) is 3.21. The number of halogens is 5. The van der Waals surface area contributed by atoms with Crippen molar-refractivity contribution in [1.82, 2.24) is 0 Å². The zero-order chi connectivity index (χ0) is 26.2. The Hall–Kier alpha value is -2.93. The Morgan fingerprint density at radius 1 is 1.11 bits per heavy atom. The average Bonchev–Trinajstić information content (AvgIpc) is 3.07. The Labute approximate surface area is 225 Å². The second-order valence-corrected chi connectivity index (χ2v) is 10.2. The Kier molecular flexibility index (Phi) is 7.41. The van der Waals surface area contributed by atoms with Crippen LogP contribution in [0, 0.1) is 10.1 Å². The van der Waals surface area contributed by atoms with Gasteiger partial charge in [0.2, 0.25) is 5.75 Å². The van der Waals surface area contributed by atoms with E-state index in [9.17, 15) is 28.1 Å². The summed E-state index contributed by atoms with van der Waals surface area (Å²) in [5.41, 5.74) is -1.21. The molecule has 184 valence electrons. The highest BCUT2D eigenvalue weighted by Gasteiger charge is 2.35. The number of nitro benzene ring substituents is 1. The fraction of sp³-hybridized carbons (Fsp3) is 0.0435. The molecule has 0 spiro atoms. The van der Waals surface area contributed by atoms with Crippen LogP contribution < -0.4 is 9.64 Å². The number of nitrogens with zero attached hydrogens (tertiary/aromatic N) is 2. The van der Waals surface area contributed by atoms with Gasteiger partial charge >= 0.3 is 11.9 Å². The monoisotopic (exact) mass is 614 g/mol. The number of carbonyl (C=O) groups excluding carboxylic acids is 1. The van der Waals surface area contributed by atoms with Crippen LogP contribution in [0.15, 0.2) is 70.0 Å². The fourth-order valence-corrected chi connectivity index (χ4v) is 5.07. The van der Waals surface area contributed by atoms with E-state index in [0.717, 1.165) is 17.8 Å². The number of thioether (sulfide) groups is 1. The van der Waals surface area contributed by atoms with Gasteiger partial charge in [-0.3, -0.25) is 19.8 Å². The summed E-state index contributed by atoms with van der Waals surface area (Å²) in [5, 5.41) is 11.9. The lowest BCUT2D eigenvalue weighted by molar-refractivity contribution is -0.385. The number of amides is 1. The molecule has 0 unspecified atom stereocenters. The number of alkyl halides is 3. The minimum atomic E-state index is -4.76. The maximum Gasteiger partial charge on any atom is 0.416 e. The van der Waals surface area contributed by atoms with Crippen molar-refractivity contribution in [2.75, 3.05) is 4.90 Å². The molecule has 0 atom stereocenters. The van der Waals surface area contributed by atoms with Crippen LogP contribution >= 0.6 is 51.5 Å². The van der Waals surface area contributed by atoms with Crippen LogP contribution in [0.2, 0.25) is 5.02 Å². The molecule has 0 radical (unpaired) electrons. The molecule has 1 heterocycles. The predicted octanol–water partition coefficient (Wildman–Crippen LogP) is 8.23. The Balaban J connectivity index is 1.71. The van der Waals surface area contributed by atoms with Crippen molar-refractivity contribution in [1.29, 1.82) is 0 Å². The first kappa shape index (κ1) is 26.1. The topological polar surface area (TPSA) is 72.7 Å². The summed E-state index contributed by atoms with van der Waals surface area (Å²) in [5.74, 6) is -0.732. The number of hydrogen-bond acceptors (Lipinski definition) is 6. The van der Waals surface area contributed by atoms with Crippen LogP contribution in [-0.2, 0) is 11.0 Å². The molecule has 0 aromatic heterocycles. The molecule has 1 aliphatic rings. The first-order chi connectivity index (χ1) is 16.9. The van der Waals surface area contributed by atoms with E-state index in [2.05, 4.69) is 15.9 Å². The number of carbonyl (C=O) groups is 1. The van der Waals surface area contributed by atoms with Gasteiger partial charge in [-0.2, -0.15) is 13.2 Å². The second-order valence-electron chi connectivity index (χ2n) is 7.22. The smallest absolute Gasteiger partial charge is 0.416 e. The van der Waals surface area contributed by atoms with E-state index in [-0.39, 0.29) is 15.0 Å². The van der Waals surface area contributed by atoms with E-state index in [4.69, 9.17) is 28.6 Å². The van der Waals surface area contributed by atoms with Crippen LogP contribution in [0.25, 0.3) is 6.08 Å². The number of thiocarbonyl (C=S) groups is 1. The van der Waals surface area contributed by atoms with E-state index in [1.165, 1.54) is 17.0 Å². The summed E-state index contributed by atoms with van der Waals surface area (Å²) in [6.45, 7) is 0. The first-order valence-corrected chi connectivity index (χ1v) is 12.2. The number of ether oxygens (including phenoxy) is 1. The van der Waals surface area contributed by atoms with Gasteiger partial charge in [0.25, 0.3) is 5.91 Å².